The minimum atomic E-state index is -3.78. The molecule has 0 aromatic carbocycles. The van der Waals surface area contributed by atoms with Crippen molar-refractivity contribution in [2.24, 2.45) is 0 Å². The SMILES string of the molecule is CS(=O)(=O)c1c([C@H]2C[C@H]3CC[C@@H](C2)N3C(=O)c2nnc[nH]2)nc2c(-c3ccc(-c4cccc[n+]4[O-])nc3)cnn2c1N. The Morgan fingerprint density at radius 3 is 2.57 bits per heavy atom. The molecule has 2 fully saturated rings. The van der Waals surface area contributed by atoms with Gasteiger partial charge in [0.1, 0.15) is 22.7 Å². The Morgan fingerprint density at radius 2 is 1.93 bits per heavy atom. The molecule has 2 bridgehead atoms. The minimum absolute atomic E-state index is 0.0162. The molecule has 5 aromatic rings. The summed E-state index contributed by atoms with van der Waals surface area (Å²) in [6.07, 6.45) is 9.76. The number of aromatic nitrogens is 8. The molecule has 0 spiro atoms. The largest absolute Gasteiger partial charge is 0.618 e. The Balaban J connectivity index is 1.28. The number of amides is 1. The van der Waals surface area contributed by atoms with Crippen LogP contribution in [0.1, 0.15) is 47.9 Å². The minimum Gasteiger partial charge on any atom is -0.618 e. The standard InChI is InChI=1S/C27H26N10O4S/c1-42(40,41)23-22(16-10-17-6-7-18(11-16)36(17)27(38)25-30-14-31-34-25)33-26-19(13-32-37(26)24(23)28)15-5-8-20(29-12-15)21-4-2-3-9-35(21)39/h2-5,8-9,12-14,16-18H,6-7,10-11,28H2,1H3,(H,30,31,34)/t16-,17+,18-. The van der Waals surface area contributed by atoms with Gasteiger partial charge in [-0.15, -0.1) is 10.2 Å². The highest BCUT2D eigenvalue weighted by atomic mass is 32.2. The predicted molar refractivity (Wildman–Crippen MR) is 149 cm³/mol. The number of rotatable bonds is 5. The number of aromatic amines is 1. The molecule has 0 unspecified atom stereocenters. The van der Waals surface area contributed by atoms with Crippen LogP contribution < -0.4 is 10.5 Å². The van der Waals surface area contributed by atoms with E-state index in [1.807, 2.05) is 11.0 Å². The molecule has 2 aliphatic rings. The number of sulfone groups is 1. The lowest BCUT2D eigenvalue weighted by Crippen LogP contribution is -2.46. The number of carbonyl (C=O) groups is 1. The second-order valence-corrected chi connectivity index (χ2v) is 12.7. The van der Waals surface area contributed by atoms with Crippen LogP contribution in [-0.2, 0) is 9.84 Å². The lowest BCUT2D eigenvalue weighted by molar-refractivity contribution is -0.593. The summed E-state index contributed by atoms with van der Waals surface area (Å²) in [4.78, 5) is 27.1. The van der Waals surface area contributed by atoms with E-state index in [0.717, 1.165) is 23.8 Å². The fourth-order valence-electron chi connectivity index (χ4n) is 6.37. The van der Waals surface area contributed by atoms with Gasteiger partial charge in [-0.05, 0) is 37.8 Å². The van der Waals surface area contributed by atoms with Crippen LogP contribution in [0.4, 0.5) is 5.82 Å². The lowest BCUT2D eigenvalue weighted by atomic mass is 9.87. The average molecular weight is 587 g/mol. The molecule has 0 saturated carbocycles. The highest BCUT2D eigenvalue weighted by Gasteiger charge is 2.46. The van der Waals surface area contributed by atoms with Crippen molar-refractivity contribution < 1.29 is 17.9 Å². The zero-order valence-corrected chi connectivity index (χ0v) is 23.3. The van der Waals surface area contributed by atoms with Crippen molar-refractivity contribution in [3.63, 3.8) is 0 Å². The van der Waals surface area contributed by atoms with E-state index in [4.69, 9.17) is 10.7 Å². The maximum absolute atomic E-state index is 13.1. The van der Waals surface area contributed by atoms with Gasteiger partial charge in [0, 0.05) is 53.7 Å². The van der Waals surface area contributed by atoms with E-state index in [0.29, 0.717) is 46.7 Å². The first-order valence-electron chi connectivity index (χ1n) is 13.4. The number of fused-ring (bicyclic) bond motifs is 3. The average Bonchev–Trinajstić information content (AvgIpc) is 3.71. The first-order chi connectivity index (χ1) is 20.2. The highest BCUT2D eigenvalue weighted by molar-refractivity contribution is 7.91. The Bertz CT molecular complexity index is 1930. The zero-order chi connectivity index (χ0) is 29.2. The van der Waals surface area contributed by atoms with Gasteiger partial charge < -0.3 is 20.8 Å². The van der Waals surface area contributed by atoms with Gasteiger partial charge in [-0.3, -0.25) is 4.79 Å². The second-order valence-electron chi connectivity index (χ2n) is 10.7. The summed E-state index contributed by atoms with van der Waals surface area (Å²) >= 11 is 0. The molecule has 3 atom stereocenters. The van der Waals surface area contributed by atoms with Crippen molar-refractivity contribution in [1.82, 2.24) is 39.7 Å². The number of anilines is 1. The van der Waals surface area contributed by atoms with Crippen molar-refractivity contribution in [2.45, 2.75) is 48.6 Å². The molecule has 2 saturated heterocycles. The van der Waals surface area contributed by atoms with Crippen molar-refractivity contribution in [1.29, 1.82) is 0 Å². The molecule has 3 N–H and O–H groups in total. The third-order valence-corrected chi connectivity index (χ3v) is 9.33. The third-order valence-electron chi connectivity index (χ3n) is 8.17. The van der Waals surface area contributed by atoms with Crippen LogP contribution in [0.3, 0.4) is 0 Å². The van der Waals surface area contributed by atoms with Gasteiger partial charge in [0.2, 0.25) is 11.5 Å². The number of pyridine rings is 2. The lowest BCUT2D eigenvalue weighted by Gasteiger charge is -2.38. The van der Waals surface area contributed by atoms with Gasteiger partial charge in [-0.25, -0.2) is 18.4 Å². The molecular weight excluding hydrogens is 560 g/mol. The molecule has 7 rings (SSSR count). The van der Waals surface area contributed by atoms with Crippen molar-refractivity contribution >= 4 is 27.2 Å². The fraction of sp³-hybridized carbons (Fsp3) is 0.296. The Kier molecular flexibility index (Phi) is 5.93. The number of nitrogen functional groups attached to an aromatic ring is 1. The Morgan fingerprint density at radius 1 is 1.14 bits per heavy atom. The van der Waals surface area contributed by atoms with Gasteiger partial charge in [0.05, 0.1) is 11.9 Å². The number of hydrogen-bond donors (Lipinski definition) is 2. The van der Waals surface area contributed by atoms with Crippen LogP contribution in [0.25, 0.3) is 28.2 Å². The van der Waals surface area contributed by atoms with Crippen LogP contribution in [0.5, 0.6) is 0 Å². The Hall–Kier alpha value is -4.92. The molecule has 5 aromatic heterocycles. The Labute approximate surface area is 239 Å². The highest BCUT2D eigenvalue weighted by Crippen LogP contribution is 2.45. The monoisotopic (exact) mass is 586 g/mol. The van der Waals surface area contributed by atoms with Crippen LogP contribution in [0.15, 0.2) is 60.1 Å². The molecule has 0 radical (unpaired) electrons. The second kappa shape index (κ2) is 9.58. The van der Waals surface area contributed by atoms with Gasteiger partial charge in [-0.1, -0.05) is 6.07 Å². The summed E-state index contributed by atoms with van der Waals surface area (Å²) in [6.45, 7) is 0. The van der Waals surface area contributed by atoms with Crippen LogP contribution in [-0.4, -0.2) is 72.3 Å². The number of H-pyrrole nitrogens is 1. The van der Waals surface area contributed by atoms with Crippen molar-refractivity contribution in [3.05, 3.63) is 72.0 Å². The number of nitrogens with one attached hydrogen (secondary N) is 1. The summed E-state index contributed by atoms with van der Waals surface area (Å²) in [6, 6.07) is 8.44. The molecule has 42 heavy (non-hydrogen) atoms. The maximum atomic E-state index is 13.1. The summed E-state index contributed by atoms with van der Waals surface area (Å²) in [5, 5.41) is 24.2. The molecule has 214 valence electrons. The number of piperidine rings is 1. The number of carbonyl (C=O) groups excluding carboxylic acids is 1. The number of nitrogens with zero attached hydrogens (tertiary/aromatic N) is 8. The van der Waals surface area contributed by atoms with E-state index in [1.165, 1.54) is 17.0 Å². The van der Waals surface area contributed by atoms with Gasteiger partial charge in [-0.2, -0.15) is 14.3 Å². The smallest absolute Gasteiger partial charge is 0.292 e. The molecule has 15 heteroatoms. The molecule has 2 aliphatic heterocycles. The van der Waals surface area contributed by atoms with E-state index in [1.54, 1.807) is 36.7 Å². The summed E-state index contributed by atoms with van der Waals surface area (Å²) in [7, 11) is -3.78. The van der Waals surface area contributed by atoms with Crippen LogP contribution in [0.2, 0.25) is 0 Å². The molecule has 0 aliphatic carbocycles. The number of nitrogens with two attached hydrogens (primary N) is 1. The summed E-state index contributed by atoms with van der Waals surface area (Å²) in [5.74, 6) is -0.284. The fourth-order valence-corrected chi connectivity index (χ4v) is 7.43. The molecule has 7 heterocycles. The van der Waals surface area contributed by atoms with E-state index < -0.39 is 9.84 Å². The van der Waals surface area contributed by atoms with E-state index >= 15 is 0 Å². The van der Waals surface area contributed by atoms with Gasteiger partial charge in [0.15, 0.2) is 21.7 Å². The van der Waals surface area contributed by atoms with E-state index in [-0.39, 0.29) is 40.4 Å². The molecular formula is C27H26N10O4S. The van der Waals surface area contributed by atoms with Gasteiger partial charge in [0.25, 0.3) is 5.91 Å². The van der Waals surface area contributed by atoms with Crippen molar-refractivity contribution in [3.8, 4) is 22.5 Å². The van der Waals surface area contributed by atoms with Crippen LogP contribution >= 0.6 is 0 Å². The van der Waals surface area contributed by atoms with Gasteiger partial charge >= 0.3 is 0 Å². The summed E-state index contributed by atoms with van der Waals surface area (Å²) in [5.41, 5.74) is 9.48. The third kappa shape index (κ3) is 4.15. The number of hydrogen-bond acceptors (Lipinski definition) is 10. The van der Waals surface area contributed by atoms with E-state index in [9.17, 15) is 18.4 Å². The van der Waals surface area contributed by atoms with E-state index in [2.05, 4.69) is 25.3 Å². The maximum Gasteiger partial charge on any atom is 0.292 e. The first kappa shape index (κ1) is 26.0. The zero-order valence-electron chi connectivity index (χ0n) is 22.5. The van der Waals surface area contributed by atoms with Crippen molar-refractivity contribution in [2.75, 3.05) is 12.0 Å². The normalized spacial score (nSPS) is 20.3. The predicted octanol–water partition coefficient (Wildman–Crippen LogP) is 1.75. The summed E-state index contributed by atoms with van der Waals surface area (Å²) < 4.78 is 28.2. The molecule has 14 nitrogen and oxygen atoms in total. The topological polar surface area (TPSA) is 192 Å². The first-order valence-corrected chi connectivity index (χ1v) is 15.3. The molecule has 1 amide bonds. The quantitative estimate of drug-likeness (QED) is 0.226. The van der Waals surface area contributed by atoms with Crippen LogP contribution in [0, 0.1) is 5.21 Å².